The third-order valence-corrected chi connectivity index (χ3v) is 5.29. The van der Waals surface area contributed by atoms with Gasteiger partial charge in [0.25, 0.3) is 11.8 Å². The lowest BCUT2D eigenvalue weighted by Gasteiger charge is -2.26. The normalized spacial score (nSPS) is 11.1. The minimum absolute atomic E-state index is 0.0218. The number of nitrogens with zero attached hydrogens (tertiary/aromatic N) is 3. The van der Waals surface area contributed by atoms with E-state index in [1.54, 1.807) is 0 Å². The summed E-state index contributed by atoms with van der Waals surface area (Å²) in [6, 6.07) is 7.32. The molecule has 0 aliphatic heterocycles. The largest absolute Gasteiger partial charge is 0.494 e. The van der Waals surface area contributed by atoms with Crippen LogP contribution in [0.1, 0.15) is 39.7 Å². The second kappa shape index (κ2) is 19.7. The number of ether oxygens (including phenoxy) is 1. The fraction of sp³-hybridized carbons (Fsp3) is 0.481. The van der Waals surface area contributed by atoms with Crippen LogP contribution in [0.15, 0.2) is 41.8 Å². The maximum absolute atomic E-state index is 12.5. The highest BCUT2D eigenvalue weighted by Gasteiger charge is 2.19. The van der Waals surface area contributed by atoms with E-state index in [2.05, 4.69) is 44.1 Å². The minimum Gasteiger partial charge on any atom is -0.494 e. The summed E-state index contributed by atoms with van der Waals surface area (Å²) in [5, 5.41) is 25.7. The molecular weight excluding hydrogens is 594 g/mol. The Kier molecular flexibility index (Phi) is 16.8. The molecular formula is C27H43N9O7S. The molecule has 1 aromatic carbocycles. The highest BCUT2D eigenvalue weighted by molar-refractivity contribution is 7.80. The van der Waals surface area contributed by atoms with E-state index < -0.39 is 36.8 Å². The van der Waals surface area contributed by atoms with Gasteiger partial charge < -0.3 is 20.3 Å². The molecule has 0 saturated carbocycles. The zero-order chi connectivity index (χ0) is 33.1. The Hall–Kier alpha value is -4.48. The van der Waals surface area contributed by atoms with Crippen LogP contribution in [0, 0.1) is 0 Å². The van der Waals surface area contributed by atoms with Crippen molar-refractivity contribution >= 4 is 47.3 Å². The van der Waals surface area contributed by atoms with Crippen LogP contribution in [-0.2, 0) is 19.2 Å². The Morgan fingerprint density at radius 2 is 1.52 bits per heavy atom. The van der Waals surface area contributed by atoms with Crippen molar-refractivity contribution in [3.63, 3.8) is 0 Å². The van der Waals surface area contributed by atoms with Crippen molar-refractivity contribution in [2.45, 2.75) is 39.7 Å². The second-order valence-corrected chi connectivity index (χ2v) is 10.9. The molecule has 244 valence electrons. The zero-order valence-electron chi connectivity index (χ0n) is 25.4. The molecule has 0 aromatic heterocycles. The van der Waals surface area contributed by atoms with Crippen LogP contribution in [0.5, 0.6) is 5.75 Å². The molecule has 2 amide bonds. The van der Waals surface area contributed by atoms with E-state index in [1.807, 2.05) is 52.0 Å². The monoisotopic (exact) mass is 637 g/mol. The number of thiocarbonyl (C=S) groups is 1. The van der Waals surface area contributed by atoms with Crippen LogP contribution in [0.4, 0.5) is 0 Å². The Morgan fingerprint density at radius 3 is 2.05 bits per heavy atom. The van der Waals surface area contributed by atoms with Gasteiger partial charge in [0.15, 0.2) is 5.11 Å². The number of carbonyl (C=O) groups is 4. The first kappa shape index (κ1) is 37.5. The van der Waals surface area contributed by atoms with E-state index in [4.69, 9.17) is 17.0 Å². The van der Waals surface area contributed by atoms with E-state index >= 15 is 0 Å². The fourth-order valence-corrected chi connectivity index (χ4v) is 3.70. The van der Waals surface area contributed by atoms with Gasteiger partial charge in [0.2, 0.25) is 0 Å². The van der Waals surface area contributed by atoms with Crippen LogP contribution >= 0.6 is 12.2 Å². The summed E-state index contributed by atoms with van der Waals surface area (Å²) < 4.78 is 5.58. The quantitative estimate of drug-likeness (QED) is 0.0550. The first-order valence-electron chi connectivity index (χ1n) is 13.7. The van der Waals surface area contributed by atoms with Gasteiger partial charge in [-0.1, -0.05) is 25.6 Å². The van der Waals surface area contributed by atoms with E-state index in [-0.39, 0.29) is 42.7 Å². The van der Waals surface area contributed by atoms with Crippen LogP contribution in [-0.4, -0.2) is 107 Å². The summed E-state index contributed by atoms with van der Waals surface area (Å²) in [6.07, 6.45) is 2.43. The Balaban J connectivity index is 2.59. The number of aliphatic carboxylic acids is 2. The number of carboxylic acids is 2. The predicted molar refractivity (Wildman–Crippen MR) is 168 cm³/mol. The van der Waals surface area contributed by atoms with E-state index in [1.165, 1.54) is 16.0 Å². The van der Waals surface area contributed by atoms with Gasteiger partial charge in [0.05, 0.1) is 39.0 Å². The highest BCUT2D eigenvalue weighted by Crippen LogP contribution is 2.12. The Bertz CT molecular complexity index is 1170. The lowest BCUT2D eigenvalue weighted by molar-refractivity contribution is -0.141. The SMILES string of the molecule is C=C(N/N=C/c1cccc(OCCC)c1)NNC(=O)CN(CCN(CC(=O)O)CC(=O)NNC(=S)NC(C)(C)C)CC(=O)O. The van der Waals surface area contributed by atoms with Gasteiger partial charge >= 0.3 is 11.9 Å². The maximum atomic E-state index is 12.5. The van der Waals surface area contributed by atoms with E-state index in [9.17, 15) is 29.4 Å². The molecule has 1 aromatic rings. The highest BCUT2D eigenvalue weighted by atomic mass is 32.1. The lowest BCUT2D eigenvalue weighted by atomic mass is 10.1. The molecule has 8 N–H and O–H groups in total. The van der Waals surface area contributed by atoms with Gasteiger partial charge in [-0.05, 0) is 57.1 Å². The molecule has 0 fully saturated rings. The molecule has 1 rings (SSSR count). The molecule has 0 spiro atoms. The standard InChI is InChI=1S/C27H43N9O7S/c1-6-12-43-21-9-7-8-20(13-21)14-28-30-19(2)31-32-22(37)15-35(17-24(39)40)10-11-36(18-25(41)42)16-23(38)33-34-26(44)29-27(3,4)5/h7-9,13-14,30-31H,2,6,10-12,15-18H2,1,3-5H3,(H,32,37)(H,33,38)(H,39,40)(H,41,42)(H2,29,34,44)/b28-14+. The summed E-state index contributed by atoms with van der Waals surface area (Å²) >= 11 is 5.09. The molecule has 17 heteroatoms. The molecule has 44 heavy (non-hydrogen) atoms. The number of rotatable bonds is 19. The number of nitrogens with one attached hydrogen (secondary N) is 6. The number of hydrogen-bond acceptors (Lipinski definition) is 11. The first-order chi connectivity index (χ1) is 20.7. The molecule has 0 bridgehead atoms. The van der Waals surface area contributed by atoms with Gasteiger partial charge in [-0.15, -0.1) is 0 Å². The molecule has 0 aliphatic rings. The average Bonchev–Trinajstić information content (AvgIpc) is 2.91. The van der Waals surface area contributed by atoms with Crippen molar-refractivity contribution in [2.24, 2.45) is 5.10 Å². The van der Waals surface area contributed by atoms with E-state index in [0.29, 0.717) is 12.4 Å². The van der Waals surface area contributed by atoms with Crippen molar-refractivity contribution < 1.29 is 34.1 Å². The number of hydrogen-bond donors (Lipinski definition) is 8. The van der Waals surface area contributed by atoms with Crippen molar-refractivity contribution in [3.8, 4) is 5.75 Å². The second-order valence-electron chi connectivity index (χ2n) is 10.5. The zero-order valence-corrected chi connectivity index (χ0v) is 26.3. The summed E-state index contributed by atoms with van der Waals surface area (Å²) in [7, 11) is 0. The minimum atomic E-state index is -1.19. The number of hydrazone groups is 1. The summed E-state index contributed by atoms with van der Waals surface area (Å²) in [5.74, 6) is -2.68. The van der Waals surface area contributed by atoms with Gasteiger partial charge in [-0.25, -0.2) is 0 Å². The third kappa shape index (κ3) is 18.9. The third-order valence-electron chi connectivity index (χ3n) is 5.09. The molecule has 0 heterocycles. The van der Waals surface area contributed by atoms with Crippen LogP contribution < -0.4 is 37.2 Å². The summed E-state index contributed by atoms with van der Waals surface area (Å²) in [4.78, 5) is 50.1. The van der Waals surface area contributed by atoms with Crippen molar-refractivity contribution in [1.82, 2.24) is 42.2 Å². The lowest BCUT2D eigenvalue weighted by Crippen LogP contribution is -2.54. The Labute approximate surface area is 262 Å². The van der Waals surface area contributed by atoms with Crippen molar-refractivity contribution in [1.29, 1.82) is 0 Å². The molecule has 0 aliphatic carbocycles. The molecule has 0 saturated heterocycles. The average molecular weight is 638 g/mol. The Morgan fingerprint density at radius 1 is 0.955 bits per heavy atom. The molecule has 0 atom stereocenters. The number of carboxylic acid groups (broad SMARTS) is 2. The van der Waals surface area contributed by atoms with Gasteiger partial charge in [0, 0.05) is 18.6 Å². The number of hydrazine groups is 2. The van der Waals surface area contributed by atoms with Crippen molar-refractivity contribution in [3.05, 3.63) is 42.2 Å². The number of benzene rings is 1. The summed E-state index contributed by atoms with van der Waals surface area (Å²) in [6.45, 7) is 10.2. The van der Waals surface area contributed by atoms with Crippen LogP contribution in [0.3, 0.4) is 0 Å². The van der Waals surface area contributed by atoms with Crippen LogP contribution in [0.25, 0.3) is 0 Å². The number of amides is 2. The molecule has 16 nitrogen and oxygen atoms in total. The van der Waals surface area contributed by atoms with Crippen molar-refractivity contribution in [2.75, 3.05) is 45.9 Å². The van der Waals surface area contributed by atoms with Gasteiger partial charge in [-0.3, -0.25) is 56.1 Å². The fourth-order valence-electron chi connectivity index (χ4n) is 3.34. The van der Waals surface area contributed by atoms with E-state index in [0.717, 1.165) is 12.0 Å². The number of carbonyl (C=O) groups excluding carboxylic acids is 2. The molecule has 0 radical (unpaired) electrons. The van der Waals surface area contributed by atoms with Gasteiger partial charge in [-0.2, -0.15) is 5.10 Å². The summed E-state index contributed by atoms with van der Waals surface area (Å²) in [5.41, 5.74) is 12.9. The van der Waals surface area contributed by atoms with Gasteiger partial charge in [0.1, 0.15) is 11.6 Å². The predicted octanol–water partition coefficient (Wildman–Crippen LogP) is -0.442. The maximum Gasteiger partial charge on any atom is 0.317 e. The first-order valence-corrected chi connectivity index (χ1v) is 14.1. The topological polar surface area (TPSA) is 209 Å². The smallest absolute Gasteiger partial charge is 0.317 e. The van der Waals surface area contributed by atoms with Crippen LogP contribution in [0.2, 0.25) is 0 Å². The molecule has 0 unspecified atom stereocenters.